The van der Waals surface area contributed by atoms with Crippen molar-refractivity contribution in [1.82, 2.24) is 15.2 Å². The van der Waals surface area contributed by atoms with Gasteiger partial charge in [-0.15, -0.1) is 12.4 Å². The zero-order chi connectivity index (χ0) is 19.0. The van der Waals surface area contributed by atoms with Gasteiger partial charge in [0.15, 0.2) is 0 Å². The maximum Gasteiger partial charge on any atom is 0.127 e. The number of benzene rings is 1. The van der Waals surface area contributed by atoms with Crippen molar-refractivity contribution in [2.24, 2.45) is 5.41 Å². The maximum absolute atomic E-state index is 6.51. The third-order valence-corrected chi connectivity index (χ3v) is 6.61. The minimum atomic E-state index is 0. The third-order valence-electron chi connectivity index (χ3n) is 6.61. The Morgan fingerprint density at radius 2 is 1.97 bits per heavy atom. The van der Waals surface area contributed by atoms with Crippen molar-refractivity contribution in [2.75, 3.05) is 33.4 Å². The predicted octanol–water partition coefficient (Wildman–Crippen LogP) is 3.38. The fourth-order valence-corrected chi connectivity index (χ4v) is 5.03. The number of ether oxygens (including phenoxy) is 2. The van der Waals surface area contributed by atoms with Crippen molar-refractivity contribution in [3.05, 3.63) is 59.4 Å². The molecule has 1 saturated carbocycles. The molecule has 5 rings (SSSR count). The number of aromatic nitrogens is 1. The molecule has 1 aromatic heterocycles. The number of fused-ring (bicyclic) bond motifs is 1. The Balaban J connectivity index is 0.00000205. The normalized spacial score (nSPS) is 22.9. The Morgan fingerprint density at radius 3 is 2.66 bits per heavy atom. The van der Waals surface area contributed by atoms with E-state index in [1.54, 1.807) is 7.11 Å². The van der Waals surface area contributed by atoms with Crippen LogP contribution in [0.5, 0.6) is 5.75 Å². The molecule has 1 unspecified atom stereocenters. The molecule has 1 aliphatic carbocycles. The molecular weight excluding hydrogens is 386 g/mol. The summed E-state index contributed by atoms with van der Waals surface area (Å²) < 4.78 is 12.1. The molecule has 6 heteroatoms. The van der Waals surface area contributed by atoms with E-state index in [1.807, 2.05) is 6.20 Å². The largest absolute Gasteiger partial charge is 0.490 e. The first kappa shape index (κ1) is 20.6. The lowest BCUT2D eigenvalue weighted by Crippen LogP contribution is -2.62. The predicted molar refractivity (Wildman–Crippen MR) is 116 cm³/mol. The SMILES string of the molecule is COCC1c2c(OC3CC4(CNC4)C3)ccnc2CCN1Cc1ccccc1.Cl. The molecule has 0 bridgehead atoms. The van der Waals surface area contributed by atoms with Gasteiger partial charge >= 0.3 is 0 Å². The van der Waals surface area contributed by atoms with E-state index in [2.05, 4.69) is 51.6 Å². The highest BCUT2D eigenvalue weighted by molar-refractivity contribution is 5.85. The fraction of sp³-hybridized carbons (Fsp3) is 0.522. The molecule has 3 heterocycles. The van der Waals surface area contributed by atoms with Gasteiger partial charge in [-0.2, -0.15) is 0 Å². The maximum atomic E-state index is 6.51. The molecule has 5 nitrogen and oxygen atoms in total. The van der Waals surface area contributed by atoms with E-state index >= 15 is 0 Å². The summed E-state index contributed by atoms with van der Waals surface area (Å²) in [4.78, 5) is 7.20. The average Bonchev–Trinajstić information content (AvgIpc) is 2.65. The van der Waals surface area contributed by atoms with Crippen molar-refractivity contribution in [3.8, 4) is 5.75 Å². The number of hydrogen-bond donors (Lipinski definition) is 1. The molecule has 1 N–H and O–H groups in total. The van der Waals surface area contributed by atoms with Crippen LogP contribution in [0.1, 0.15) is 35.7 Å². The molecule has 1 spiro atoms. The van der Waals surface area contributed by atoms with Crippen LogP contribution in [-0.4, -0.2) is 49.3 Å². The van der Waals surface area contributed by atoms with Crippen molar-refractivity contribution in [1.29, 1.82) is 0 Å². The van der Waals surface area contributed by atoms with E-state index in [0.717, 1.165) is 38.3 Å². The Labute approximate surface area is 179 Å². The molecule has 1 aromatic carbocycles. The van der Waals surface area contributed by atoms with Crippen LogP contribution in [-0.2, 0) is 17.7 Å². The first-order chi connectivity index (χ1) is 13.8. The highest BCUT2D eigenvalue weighted by Crippen LogP contribution is 2.47. The van der Waals surface area contributed by atoms with Crippen LogP contribution in [0.15, 0.2) is 42.6 Å². The van der Waals surface area contributed by atoms with Gasteiger partial charge in [0.1, 0.15) is 5.75 Å². The van der Waals surface area contributed by atoms with Crippen LogP contribution >= 0.6 is 12.4 Å². The second-order valence-corrected chi connectivity index (χ2v) is 8.60. The fourth-order valence-electron chi connectivity index (χ4n) is 5.03. The van der Waals surface area contributed by atoms with E-state index in [0.29, 0.717) is 18.1 Å². The van der Waals surface area contributed by atoms with Crippen molar-refractivity contribution >= 4 is 12.4 Å². The second-order valence-electron chi connectivity index (χ2n) is 8.60. The summed E-state index contributed by atoms with van der Waals surface area (Å²) >= 11 is 0. The van der Waals surface area contributed by atoms with E-state index in [4.69, 9.17) is 9.47 Å². The van der Waals surface area contributed by atoms with Crippen LogP contribution < -0.4 is 10.1 Å². The Morgan fingerprint density at radius 1 is 1.17 bits per heavy atom. The summed E-state index contributed by atoms with van der Waals surface area (Å²) in [6.07, 6.45) is 5.53. The van der Waals surface area contributed by atoms with Gasteiger partial charge in [0.05, 0.1) is 24.4 Å². The summed E-state index contributed by atoms with van der Waals surface area (Å²) in [6, 6.07) is 12.9. The molecule has 2 aliphatic heterocycles. The van der Waals surface area contributed by atoms with Gasteiger partial charge in [-0.1, -0.05) is 30.3 Å². The van der Waals surface area contributed by atoms with Crippen molar-refractivity contribution in [2.45, 2.75) is 38.0 Å². The number of rotatable bonds is 6. The molecular formula is C23H30ClN3O2. The Kier molecular flexibility index (Phi) is 6.11. The van der Waals surface area contributed by atoms with Gasteiger partial charge < -0.3 is 14.8 Å². The number of nitrogens with zero attached hydrogens (tertiary/aromatic N) is 2. The van der Waals surface area contributed by atoms with Gasteiger partial charge in [0.2, 0.25) is 0 Å². The first-order valence-electron chi connectivity index (χ1n) is 10.4. The molecule has 0 radical (unpaired) electrons. The zero-order valence-corrected chi connectivity index (χ0v) is 17.8. The highest BCUT2D eigenvalue weighted by Gasteiger charge is 2.50. The summed E-state index contributed by atoms with van der Waals surface area (Å²) in [5, 5.41) is 3.40. The van der Waals surface area contributed by atoms with E-state index in [1.165, 1.54) is 29.7 Å². The smallest absolute Gasteiger partial charge is 0.127 e. The number of nitrogens with one attached hydrogen (secondary N) is 1. The zero-order valence-electron chi connectivity index (χ0n) is 17.0. The standard InChI is InChI=1S/C23H29N3O2.ClH/c1-27-14-20-22-19(8-10-26(20)13-17-5-3-2-4-6-17)25-9-7-21(22)28-18-11-23(12-18)15-24-16-23;/h2-7,9,18,20,24H,8,10-16H2,1H3;1H. The van der Waals surface area contributed by atoms with Gasteiger partial charge in [-0.25, -0.2) is 0 Å². The summed E-state index contributed by atoms with van der Waals surface area (Å²) in [6.45, 7) is 4.86. The van der Waals surface area contributed by atoms with E-state index < -0.39 is 0 Å². The molecule has 2 aromatic rings. The quantitative estimate of drug-likeness (QED) is 0.783. The third kappa shape index (κ3) is 4.02. The monoisotopic (exact) mass is 415 g/mol. The van der Waals surface area contributed by atoms with Crippen LogP contribution in [0, 0.1) is 5.41 Å². The van der Waals surface area contributed by atoms with Gasteiger partial charge in [-0.05, 0) is 24.5 Å². The Bertz CT molecular complexity index is 820. The highest BCUT2D eigenvalue weighted by atomic mass is 35.5. The van der Waals surface area contributed by atoms with E-state index in [9.17, 15) is 0 Å². The molecule has 29 heavy (non-hydrogen) atoms. The van der Waals surface area contributed by atoms with Crippen molar-refractivity contribution in [3.63, 3.8) is 0 Å². The van der Waals surface area contributed by atoms with Crippen LogP contribution in [0.4, 0.5) is 0 Å². The molecule has 2 fully saturated rings. The lowest BCUT2D eigenvalue weighted by atomic mass is 9.63. The average molecular weight is 416 g/mol. The van der Waals surface area contributed by atoms with Gasteiger partial charge in [-0.3, -0.25) is 9.88 Å². The lowest BCUT2D eigenvalue weighted by molar-refractivity contribution is -0.0509. The number of methoxy groups -OCH3 is 1. The topological polar surface area (TPSA) is 46.6 Å². The molecule has 1 atom stereocenters. The minimum absolute atomic E-state index is 0. The van der Waals surface area contributed by atoms with Crippen molar-refractivity contribution < 1.29 is 9.47 Å². The Hall–Kier alpha value is -1.66. The van der Waals surface area contributed by atoms with Gasteiger partial charge in [0.25, 0.3) is 0 Å². The van der Waals surface area contributed by atoms with Crippen LogP contribution in [0.3, 0.4) is 0 Å². The number of hydrogen-bond acceptors (Lipinski definition) is 5. The number of pyridine rings is 1. The van der Waals surface area contributed by atoms with Gasteiger partial charge in [0, 0.05) is 56.9 Å². The second kappa shape index (κ2) is 8.60. The summed E-state index contributed by atoms with van der Waals surface area (Å²) in [5.41, 5.74) is 4.25. The minimum Gasteiger partial charge on any atom is -0.490 e. The van der Waals surface area contributed by atoms with Crippen LogP contribution in [0.25, 0.3) is 0 Å². The van der Waals surface area contributed by atoms with Crippen LogP contribution in [0.2, 0.25) is 0 Å². The summed E-state index contributed by atoms with van der Waals surface area (Å²) in [7, 11) is 1.78. The molecule has 1 saturated heterocycles. The van der Waals surface area contributed by atoms with E-state index in [-0.39, 0.29) is 18.4 Å². The molecule has 0 amide bonds. The molecule has 3 aliphatic rings. The first-order valence-corrected chi connectivity index (χ1v) is 10.4. The summed E-state index contributed by atoms with van der Waals surface area (Å²) in [5.74, 6) is 1.01. The number of halogens is 1. The lowest BCUT2D eigenvalue weighted by Gasteiger charge is -2.54. The molecule has 156 valence electrons.